The molecule has 2 aromatic rings. The summed E-state index contributed by atoms with van der Waals surface area (Å²) in [6.45, 7) is 4.07. The quantitative estimate of drug-likeness (QED) is 0.898. The van der Waals surface area contributed by atoms with Crippen molar-refractivity contribution in [3.8, 4) is 5.75 Å². The molecular formula is C21H25NO2. The van der Waals surface area contributed by atoms with Crippen LogP contribution in [-0.2, 0) is 17.6 Å². The average Bonchev–Trinajstić information content (AvgIpc) is 2.59. The number of nitrogens with one attached hydrogen (secondary N) is 1. The molecule has 2 aromatic carbocycles. The van der Waals surface area contributed by atoms with Gasteiger partial charge in [0.25, 0.3) is 5.91 Å². The SMILES string of the molecule is Cc1cccc(OCC(=O)N[C@@H](C)c2ccc3c(c2)CCCC3)c1. The van der Waals surface area contributed by atoms with Gasteiger partial charge in [0.1, 0.15) is 5.75 Å². The lowest BCUT2D eigenvalue weighted by atomic mass is 9.89. The molecule has 0 spiro atoms. The van der Waals surface area contributed by atoms with E-state index in [4.69, 9.17) is 4.74 Å². The predicted octanol–water partition coefficient (Wildman–Crippen LogP) is 4.13. The third kappa shape index (κ3) is 4.16. The zero-order valence-corrected chi connectivity index (χ0v) is 14.5. The van der Waals surface area contributed by atoms with Crippen molar-refractivity contribution >= 4 is 5.91 Å². The molecule has 1 amide bonds. The molecule has 126 valence electrons. The lowest BCUT2D eigenvalue weighted by Crippen LogP contribution is -2.31. The zero-order valence-electron chi connectivity index (χ0n) is 14.5. The number of amides is 1. The first-order chi connectivity index (χ1) is 11.6. The minimum atomic E-state index is -0.0956. The number of hydrogen-bond donors (Lipinski definition) is 1. The van der Waals surface area contributed by atoms with Crippen molar-refractivity contribution in [1.29, 1.82) is 0 Å². The Labute approximate surface area is 144 Å². The standard InChI is InChI=1S/C21H25NO2/c1-15-6-5-9-20(12-15)24-14-21(23)22-16(2)18-11-10-17-7-3-4-8-19(17)13-18/h5-6,9-13,16H,3-4,7-8,14H2,1-2H3,(H,22,23)/t16-/m0/s1. The Morgan fingerprint density at radius 2 is 1.92 bits per heavy atom. The van der Waals surface area contributed by atoms with Gasteiger partial charge in [-0.3, -0.25) is 4.79 Å². The van der Waals surface area contributed by atoms with Crippen LogP contribution in [-0.4, -0.2) is 12.5 Å². The first kappa shape index (κ1) is 16.6. The summed E-state index contributed by atoms with van der Waals surface area (Å²) in [7, 11) is 0. The third-order valence-corrected chi connectivity index (χ3v) is 4.61. The lowest BCUT2D eigenvalue weighted by molar-refractivity contribution is -0.123. The maximum Gasteiger partial charge on any atom is 0.258 e. The first-order valence-corrected chi connectivity index (χ1v) is 8.72. The average molecular weight is 323 g/mol. The Bertz CT molecular complexity index is 724. The fraction of sp³-hybridized carbons (Fsp3) is 0.381. The molecular weight excluding hydrogens is 298 g/mol. The van der Waals surface area contributed by atoms with Crippen LogP contribution in [0.2, 0.25) is 0 Å². The van der Waals surface area contributed by atoms with E-state index < -0.39 is 0 Å². The van der Waals surface area contributed by atoms with Crippen LogP contribution in [0.1, 0.15) is 48.1 Å². The Morgan fingerprint density at radius 3 is 2.71 bits per heavy atom. The smallest absolute Gasteiger partial charge is 0.258 e. The summed E-state index contributed by atoms with van der Waals surface area (Å²) in [6.07, 6.45) is 4.89. The molecule has 0 aliphatic heterocycles. The highest BCUT2D eigenvalue weighted by Gasteiger charge is 2.14. The minimum Gasteiger partial charge on any atom is -0.484 e. The molecule has 1 atom stereocenters. The van der Waals surface area contributed by atoms with Gasteiger partial charge in [0.2, 0.25) is 0 Å². The molecule has 3 heteroatoms. The third-order valence-electron chi connectivity index (χ3n) is 4.61. The Balaban J connectivity index is 1.56. The van der Waals surface area contributed by atoms with Crippen molar-refractivity contribution in [3.05, 3.63) is 64.7 Å². The second-order valence-electron chi connectivity index (χ2n) is 6.63. The van der Waals surface area contributed by atoms with Crippen LogP contribution in [0.5, 0.6) is 5.75 Å². The number of hydrogen-bond acceptors (Lipinski definition) is 2. The summed E-state index contributed by atoms with van der Waals surface area (Å²) in [4.78, 5) is 12.1. The van der Waals surface area contributed by atoms with Crippen molar-refractivity contribution in [2.45, 2.75) is 45.6 Å². The number of carbonyl (C=O) groups is 1. The van der Waals surface area contributed by atoms with Gasteiger partial charge in [0.15, 0.2) is 6.61 Å². The summed E-state index contributed by atoms with van der Waals surface area (Å²) < 4.78 is 5.56. The number of fused-ring (bicyclic) bond motifs is 1. The van der Waals surface area contributed by atoms with E-state index in [2.05, 4.69) is 23.5 Å². The molecule has 0 fully saturated rings. The summed E-state index contributed by atoms with van der Waals surface area (Å²) in [5.41, 5.74) is 5.19. The fourth-order valence-corrected chi connectivity index (χ4v) is 3.24. The molecule has 0 radical (unpaired) electrons. The summed E-state index contributed by atoms with van der Waals surface area (Å²) in [5.74, 6) is 0.633. The van der Waals surface area contributed by atoms with Gasteiger partial charge in [-0.05, 0) is 73.9 Å². The second-order valence-corrected chi connectivity index (χ2v) is 6.63. The lowest BCUT2D eigenvalue weighted by Gasteiger charge is -2.20. The fourth-order valence-electron chi connectivity index (χ4n) is 3.24. The van der Waals surface area contributed by atoms with E-state index in [9.17, 15) is 4.79 Å². The Hall–Kier alpha value is -2.29. The van der Waals surface area contributed by atoms with Gasteiger partial charge in [-0.1, -0.05) is 30.3 Å². The van der Waals surface area contributed by atoms with Crippen LogP contribution < -0.4 is 10.1 Å². The van der Waals surface area contributed by atoms with Gasteiger partial charge >= 0.3 is 0 Å². The van der Waals surface area contributed by atoms with Gasteiger partial charge in [0.05, 0.1) is 6.04 Å². The number of benzene rings is 2. The summed E-state index contributed by atoms with van der Waals surface area (Å²) >= 11 is 0. The monoisotopic (exact) mass is 323 g/mol. The van der Waals surface area contributed by atoms with Crippen LogP contribution in [0.15, 0.2) is 42.5 Å². The number of carbonyl (C=O) groups excluding carboxylic acids is 1. The molecule has 0 unspecified atom stereocenters. The van der Waals surface area contributed by atoms with Crippen LogP contribution in [0.4, 0.5) is 0 Å². The van der Waals surface area contributed by atoms with Crippen molar-refractivity contribution in [1.82, 2.24) is 5.32 Å². The van der Waals surface area contributed by atoms with Crippen molar-refractivity contribution < 1.29 is 9.53 Å². The van der Waals surface area contributed by atoms with Crippen molar-refractivity contribution in [2.75, 3.05) is 6.61 Å². The van der Waals surface area contributed by atoms with Crippen LogP contribution in [0, 0.1) is 6.92 Å². The highest BCUT2D eigenvalue weighted by Crippen LogP contribution is 2.24. The van der Waals surface area contributed by atoms with Crippen molar-refractivity contribution in [2.24, 2.45) is 0 Å². The van der Waals surface area contributed by atoms with E-state index in [0.29, 0.717) is 0 Å². The number of rotatable bonds is 5. The molecule has 1 N–H and O–H groups in total. The molecule has 0 saturated heterocycles. The molecule has 0 bridgehead atoms. The maximum absolute atomic E-state index is 12.1. The van der Waals surface area contributed by atoms with Crippen molar-refractivity contribution in [3.63, 3.8) is 0 Å². The van der Waals surface area contributed by atoms with E-state index >= 15 is 0 Å². The minimum absolute atomic E-state index is 0.00849. The van der Waals surface area contributed by atoms with Crippen LogP contribution >= 0.6 is 0 Å². The van der Waals surface area contributed by atoms with E-state index in [0.717, 1.165) is 17.7 Å². The Kier molecular flexibility index (Phi) is 5.19. The second kappa shape index (κ2) is 7.52. The number of aryl methyl sites for hydroxylation is 3. The maximum atomic E-state index is 12.1. The molecule has 3 nitrogen and oxygen atoms in total. The van der Waals surface area contributed by atoms with E-state index in [1.54, 1.807) is 0 Å². The van der Waals surface area contributed by atoms with E-state index in [1.165, 1.54) is 36.0 Å². The van der Waals surface area contributed by atoms with Gasteiger partial charge < -0.3 is 10.1 Å². The van der Waals surface area contributed by atoms with E-state index in [1.807, 2.05) is 38.1 Å². The molecule has 1 aliphatic carbocycles. The largest absolute Gasteiger partial charge is 0.484 e. The highest BCUT2D eigenvalue weighted by molar-refractivity contribution is 5.78. The van der Waals surface area contributed by atoms with Gasteiger partial charge in [0, 0.05) is 0 Å². The van der Waals surface area contributed by atoms with Crippen LogP contribution in [0.3, 0.4) is 0 Å². The summed E-state index contributed by atoms with van der Waals surface area (Å²) in [6, 6.07) is 14.3. The highest BCUT2D eigenvalue weighted by atomic mass is 16.5. The van der Waals surface area contributed by atoms with Gasteiger partial charge in [-0.25, -0.2) is 0 Å². The topological polar surface area (TPSA) is 38.3 Å². The Morgan fingerprint density at radius 1 is 1.12 bits per heavy atom. The molecule has 0 saturated carbocycles. The molecule has 24 heavy (non-hydrogen) atoms. The first-order valence-electron chi connectivity index (χ1n) is 8.72. The van der Waals surface area contributed by atoms with E-state index in [-0.39, 0.29) is 18.6 Å². The summed E-state index contributed by atoms with van der Waals surface area (Å²) in [5, 5.41) is 3.02. The normalized spacial score (nSPS) is 14.6. The van der Waals surface area contributed by atoms with Gasteiger partial charge in [-0.2, -0.15) is 0 Å². The molecule has 0 aromatic heterocycles. The zero-order chi connectivity index (χ0) is 16.9. The van der Waals surface area contributed by atoms with Gasteiger partial charge in [-0.15, -0.1) is 0 Å². The molecule has 0 heterocycles. The molecule has 3 rings (SSSR count). The van der Waals surface area contributed by atoms with Crippen LogP contribution in [0.25, 0.3) is 0 Å². The number of ether oxygens (including phenoxy) is 1. The molecule has 1 aliphatic rings. The predicted molar refractivity (Wildman–Crippen MR) is 96.3 cm³/mol.